The molecule has 15 nitrogen and oxygen atoms in total. The molecule has 3 aromatic heterocycles. The van der Waals surface area contributed by atoms with E-state index in [0.717, 1.165) is 36.6 Å². The maximum atomic E-state index is 14.4. The van der Waals surface area contributed by atoms with Crippen molar-refractivity contribution in [3.8, 4) is 45.0 Å². The highest BCUT2D eigenvalue weighted by atomic mass is 35.5. The van der Waals surface area contributed by atoms with E-state index in [2.05, 4.69) is 31.8 Å². The molecule has 0 saturated carbocycles. The van der Waals surface area contributed by atoms with Crippen molar-refractivity contribution in [2.75, 3.05) is 59.6 Å². The van der Waals surface area contributed by atoms with E-state index in [9.17, 15) is 14.3 Å². The summed E-state index contributed by atoms with van der Waals surface area (Å²) < 4.78 is 58.8. The molecule has 19 heteroatoms. The van der Waals surface area contributed by atoms with Gasteiger partial charge in [0.2, 0.25) is 12.0 Å². The van der Waals surface area contributed by atoms with E-state index in [-0.39, 0.29) is 38.2 Å². The third kappa shape index (κ3) is 11.1. The summed E-state index contributed by atoms with van der Waals surface area (Å²) in [7, 11) is 2.11. The number of benzene rings is 3. The second kappa shape index (κ2) is 21.5. The maximum Gasteiger partial charge on any atom is 0.345 e. The predicted molar refractivity (Wildman–Crippen MR) is 276 cm³/mol. The van der Waals surface area contributed by atoms with Crippen LogP contribution in [-0.4, -0.2) is 130 Å². The first-order chi connectivity index (χ1) is 35.2. The minimum Gasteiger partial charge on any atom is -0.490 e. The number of aliphatic carboxylic acids is 1. The number of rotatable bonds is 11. The summed E-state index contributed by atoms with van der Waals surface area (Å²) in [4.78, 5) is 38.0. The molecular weight excluding hydrogens is 999 g/mol. The molecule has 6 aromatic rings. The standard InChI is InChI=1S/C54H55Cl2FN6O9S/c1-30-43-31(2)47(56)48(46(30)55)70-37(24-63-20-18-62(5)19-21-63)26-66-36-14-15-40(67-25-35-16-17-58-50(61-35)39-8-6-7-9-41(39)68-27-38-28-69-54(3,4)72-38)33(22-36)23-42(53(64)65)71-51-45-44(43)49(73-52(45)60-29-59-51)32-10-12-34(57)13-11-32/h6-17,22,29-30,37-38,42,46H,18-21,23-28H2,1-5H3,(H,64,65)/t30?,37-,38+,42-,46?/m1/s1. The van der Waals surface area contributed by atoms with E-state index in [1.54, 1.807) is 42.6 Å². The first-order valence-corrected chi connectivity index (χ1v) is 25.8. The number of nitrogens with zero attached hydrogens (tertiary/aromatic N) is 6. The zero-order valence-electron chi connectivity index (χ0n) is 41.0. The summed E-state index contributed by atoms with van der Waals surface area (Å²) in [5.41, 5.74) is 4.57. The Hall–Kier alpha value is -5.92. The van der Waals surface area contributed by atoms with Crippen molar-refractivity contribution in [1.29, 1.82) is 0 Å². The molecule has 73 heavy (non-hydrogen) atoms. The van der Waals surface area contributed by atoms with Crippen LogP contribution in [0.4, 0.5) is 4.39 Å². The molecule has 3 aromatic carbocycles. The Labute approximate surface area is 436 Å². The van der Waals surface area contributed by atoms with Gasteiger partial charge in [-0.05, 0) is 93.1 Å². The number of piperazine rings is 1. The lowest BCUT2D eigenvalue weighted by Crippen LogP contribution is -2.48. The monoisotopic (exact) mass is 1050 g/mol. The van der Waals surface area contributed by atoms with Crippen molar-refractivity contribution in [2.45, 2.75) is 70.2 Å². The molecule has 5 atom stereocenters. The van der Waals surface area contributed by atoms with Crippen LogP contribution >= 0.6 is 34.5 Å². The van der Waals surface area contributed by atoms with Gasteiger partial charge >= 0.3 is 5.97 Å². The van der Waals surface area contributed by atoms with E-state index >= 15 is 0 Å². The Morgan fingerprint density at radius 2 is 1.75 bits per heavy atom. The normalized spacial score (nSPS) is 22.7. The van der Waals surface area contributed by atoms with Crippen LogP contribution in [0, 0.1) is 11.7 Å². The van der Waals surface area contributed by atoms with Crippen LogP contribution in [0.15, 0.2) is 102 Å². The largest absolute Gasteiger partial charge is 0.490 e. The van der Waals surface area contributed by atoms with Gasteiger partial charge in [-0.25, -0.2) is 29.1 Å². The average molecular weight is 1050 g/mol. The van der Waals surface area contributed by atoms with E-state index in [0.29, 0.717) is 90.8 Å². The van der Waals surface area contributed by atoms with Gasteiger partial charge in [-0.2, -0.15) is 0 Å². The molecule has 1 aliphatic carbocycles. The fraction of sp³-hybridized carbons (Fsp3) is 0.389. The Balaban J connectivity index is 1.02. The smallest absolute Gasteiger partial charge is 0.345 e. The number of para-hydroxylation sites is 1. The molecule has 0 spiro atoms. The molecule has 2 unspecified atom stereocenters. The minimum atomic E-state index is -1.48. The lowest BCUT2D eigenvalue weighted by atomic mass is 9.81. The van der Waals surface area contributed by atoms with Crippen molar-refractivity contribution >= 4 is 56.3 Å². The predicted octanol–water partition coefficient (Wildman–Crippen LogP) is 9.64. The molecule has 2 fully saturated rings. The first kappa shape index (κ1) is 50.6. The zero-order chi connectivity index (χ0) is 51.0. The number of ether oxygens (including phenoxy) is 7. The highest BCUT2D eigenvalue weighted by Crippen LogP contribution is 2.52. The summed E-state index contributed by atoms with van der Waals surface area (Å²) in [6.07, 6.45) is 0.598. The second-order valence-electron chi connectivity index (χ2n) is 19.1. The Morgan fingerprint density at radius 1 is 0.959 bits per heavy atom. The van der Waals surface area contributed by atoms with Crippen molar-refractivity contribution in [3.63, 3.8) is 0 Å². The number of likely N-dealkylation sites (N-methyl/N-ethyl adjacent to an activating group) is 1. The minimum absolute atomic E-state index is 0.00663. The summed E-state index contributed by atoms with van der Waals surface area (Å²) in [5, 5.41) is 11.1. The molecule has 4 bridgehead atoms. The number of halogens is 3. The Bertz CT molecular complexity index is 3080. The zero-order valence-corrected chi connectivity index (χ0v) is 43.3. The number of alkyl halides is 1. The quantitative estimate of drug-likeness (QED) is 0.122. The number of hydrogen-bond donors (Lipinski definition) is 1. The number of allylic oxidation sites excluding steroid dienone is 4. The average Bonchev–Trinajstić information content (AvgIpc) is 3.95. The third-order valence-corrected chi connectivity index (χ3v) is 15.6. The van der Waals surface area contributed by atoms with Gasteiger partial charge < -0.3 is 43.2 Å². The highest BCUT2D eigenvalue weighted by molar-refractivity contribution is 7.22. The fourth-order valence-corrected chi connectivity index (χ4v) is 11.3. The molecular formula is C54H55Cl2FN6O9S. The number of aromatic nitrogens is 4. The third-order valence-electron chi connectivity index (χ3n) is 13.4. The molecule has 5 aliphatic rings. The number of hydrogen-bond acceptors (Lipinski definition) is 15. The molecule has 0 radical (unpaired) electrons. The van der Waals surface area contributed by atoms with Gasteiger partial charge in [-0.1, -0.05) is 42.8 Å². The number of carbonyl (C=O) groups is 1. The van der Waals surface area contributed by atoms with Gasteiger partial charge in [0.1, 0.15) is 72.0 Å². The SMILES string of the molecule is CC1=C2c3c(-c4ccc(F)cc4)sc4ncnc(c34)O[C@@H](C(=O)O)Cc3cc(ccc3OCc3ccnc(-c4ccccc4OC[C@H]4COC(C)(C)O4)n3)OC[C@@H](CN3CCN(C)CC3)OC(=C1Cl)C(Cl)C2C. The number of fused-ring (bicyclic) bond motifs is 7. The van der Waals surface area contributed by atoms with E-state index in [1.807, 2.05) is 52.0 Å². The molecule has 382 valence electrons. The van der Waals surface area contributed by atoms with Crippen molar-refractivity contribution < 1.29 is 47.4 Å². The summed E-state index contributed by atoms with van der Waals surface area (Å²) in [5.74, 6) is -0.400. The number of carboxylic acid groups (broad SMARTS) is 1. The highest BCUT2D eigenvalue weighted by Gasteiger charge is 2.39. The lowest BCUT2D eigenvalue weighted by molar-refractivity contribution is -0.145. The molecule has 4 aliphatic heterocycles. The summed E-state index contributed by atoms with van der Waals surface area (Å²) in [6, 6.07) is 20.7. The molecule has 0 amide bonds. The lowest BCUT2D eigenvalue weighted by Gasteiger charge is -2.37. The van der Waals surface area contributed by atoms with E-state index in [4.69, 9.17) is 61.3 Å². The van der Waals surface area contributed by atoms with Gasteiger partial charge in [0.05, 0.1) is 33.7 Å². The number of carboxylic acids is 1. The molecule has 1 N–H and O–H groups in total. The van der Waals surface area contributed by atoms with Gasteiger partial charge in [-0.15, -0.1) is 22.9 Å². The van der Waals surface area contributed by atoms with Crippen LogP contribution in [-0.2, 0) is 32.0 Å². The van der Waals surface area contributed by atoms with Crippen LogP contribution in [0.1, 0.15) is 44.5 Å². The fourth-order valence-electron chi connectivity index (χ4n) is 9.56. The molecule has 2 saturated heterocycles. The van der Waals surface area contributed by atoms with Crippen LogP contribution in [0.5, 0.6) is 23.1 Å². The van der Waals surface area contributed by atoms with Gasteiger partial charge in [0.15, 0.2) is 11.6 Å². The Kier molecular flexibility index (Phi) is 14.9. The van der Waals surface area contributed by atoms with Crippen LogP contribution in [0.25, 0.3) is 37.6 Å². The van der Waals surface area contributed by atoms with Crippen molar-refractivity contribution in [3.05, 3.63) is 124 Å². The number of thiophene rings is 1. The Morgan fingerprint density at radius 3 is 2.52 bits per heavy atom. The summed E-state index contributed by atoms with van der Waals surface area (Å²) in [6.45, 7) is 12.5. The van der Waals surface area contributed by atoms with Crippen LogP contribution in [0.2, 0.25) is 0 Å². The van der Waals surface area contributed by atoms with Crippen LogP contribution < -0.4 is 18.9 Å². The van der Waals surface area contributed by atoms with Crippen molar-refractivity contribution in [2.24, 2.45) is 5.92 Å². The van der Waals surface area contributed by atoms with E-state index < -0.39 is 41.1 Å². The van der Waals surface area contributed by atoms with Crippen LogP contribution in [0.3, 0.4) is 0 Å². The maximum absolute atomic E-state index is 14.4. The second-order valence-corrected chi connectivity index (χ2v) is 20.9. The van der Waals surface area contributed by atoms with E-state index in [1.165, 1.54) is 29.8 Å². The molecule has 11 rings (SSSR count). The van der Waals surface area contributed by atoms with Crippen molar-refractivity contribution in [1.82, 2.24) is 29.7 Å². The van der Waals surface area contributed by atoms with Gasteiger partial charge in [-0.3, -0.25) is 4.90 Å². The topological polar surface area (TPSA) is 160 Å². The summed E-state index contributed by atoms with van der Waals surface area (Å²) >= 11 is 16.2. The van der Waals surface area contributed by atoms with Gasteiger partial charge in [0, 0.05) is 67.3 Å². The molecule has 7 heterocycles. The van der Waals surface area contributed by atoms with Gasteiger partial charge in [0.25, 0.3) is 0 Å². The first-order valence-electron chi connectivity index (χ1n) is 24.2.